The molecule has 0 heterocycles. The van der Waals surface area contributed by atoms with Crippen molar-refractivity contribution in [1.29, 1.82) is 0 Å². The van der Waals surface area contributed by atoms with Crippen LogP contribution >= 0.6 is 0 Å². The summed E-state index contributed by atoms with van der Waals surface area (Å²) in [5, 5.41) is 9.96. The quantitative estimate of drug-likeness (QED) is 0.706. The van der Waals surface area contributed by atoms with Crippen molar-refractivity contribution in [3.8, 4) is 0 Å². The van der Waals surface area contributed by atoms with Gasteiger partial charge in [0.25, 0.3) is 0 Å². The molecule has 7 heteroatoms. The number of carbonyl (C=O) groups is 2. The number of carboxylic acid groups (broad SMARTS) is 1. The van der Waals surface area contributed by atoms with Crippen molar-refractivity contribution < 1.29 is 23.1 Å². The predicted octanol–water partition coefficient (Wildman–Crippen LogP) is 0.0350. The Morgan fingerprint density at radius 3 is 2.06 bits per heavy atom. The first kappa shape index (κ1) is 15.9. The van der Waals surface area contributed by atoms with E-state index >= 15 is 0 Å². The van der Waals surface area contributed by atoms with Crippen LogP contribution in [0.25, 0.3) is 0 Å². The third kappa shape index (κ3) is 4.72. The van der Waals surface area contributed by atoms with E-state index in [-0.39, 0.29) is 5.92 Å². The Labute approximate surface area is 101 Å². The maximum atomic E-state index is 11.6. The van der Waals surface area contributed by atoms with Crippen molar-refractivity contribution in [2.45, 2.75) is 38.5 Å². The predicted molar refractivity (Wildman–Crippen MR) is 63.3 cm³/mol. The highest BCUT2D eigenvalue weighted by Gasteiger charge is 2.30. The van der Waals surface area contributed by atoms with E-state index in [0.29, 0.717) is 6.42 Å². The summed E-state index contributed by atoms with van der Waals surface area (Å²) in [5.41, 5.74) is 0. The van der Waals surface area contributed by atoms with E-state index in [2.05, 4.69) is 5.32 Å². The lowest BCUT2D eigenvalue weighted by Crippen LogP contribution is -2.49. The Balaban J connectivity index is 4.80. The van der Waals surface area contributed by atoms with Crippen LogP contribution in [0.3, 0.4) is 0 Å². The van der Waals surface area contributed by atoms with Gasteiger partial charge in [-0.05, 0) is 12.8 Å². The highest BCUT2D eigenvalue weighted by atomic mass is 32.2. The standard InChI is InChI=1S/C10H19NO5S/c1-5-6(2)8(10(13)14)11-9(12)7(3)17(4,15)16/h6-8H,5H2,1-4H3,(H,11,12)(H,13,14)/t6?,7?,8-/m0/s1. The average molecular weight is 265 g/mol. The molecule has 0 aromatic rings. The van der Waals surface area contributed by atoms with Crippen molar-refractivity contribution in [2.75, 3.05) is 6.26 Å². The van der Waals surface area contributed by atoms with Crippen molar-refractivity contribution in [3.63, 3.8) is 0 Å². The third-order valence-electron chi connectivity index (χ3n) is 2.79. The van der Waals surface area contributed by atoms with Gasteiger partial charge in [-0.2, -0.15) is 0 Å². The molecule has 0 spiro atoms. The molecule has 0 saturated heterocycles. The van der Waals surface area contributed by atoms with E-state index in [4.69, 9.17) is 5.11 Å². The number of hydrogen-bond donors (Lipinski definition) is 2. The first-order chi connectivity index (χ1) is 7.61. The summed E-state index contributed by atoms with van der Waals surface area (Å²) in [5.74, 6) is -2.20. The molecule has 0 aliphatic rings. The zero-order chi connectivity index (χ0) is 13.8. The van der Waals surface area contributed by atoms with Gasteiger partial charge in [-0.1, -0.05) is 20.3 Å². The van der Waals surface area contributed by atoms with Gasteiger partial charge in [0, 0.05) is 6.26 Å². The third-order valence-corrected chi connectivity index (χ3v) is 4.29. The van der Waals surface area contributed by atoms with Gasteiger partial charge in [-0.25, -0.2) is 13.2 Å². The molecule has 1 amide bonds. The second-order valence-corrected chi connectivity index (χ2v) is 6.55. The van der Waals surface area contributed by atoms with E-state index in [0.717, 1.165) is 6.26 Å². The highest BCUT2D eigenvalue weighted by molar-refractivity contribution is 7.92. The van der Waals surface area contributed by atoms with E-state index in [1.165, 1.54) is 6.92 Å². The van der Waals surface area contributed by atoms with Crippen LogP contribution in [-0.2, 0) is 19.4 Å². The SMILES string of the molecule is CCC(C)[C@H](NC(=O)C(C)S(C)(=O)=O)C(=O)O. The molecule has 17 heavy (non-hydrogen) atoms. The van der Waals surface area contributed by atoms with Crippen molar-refractivity contribution in [2.24, 2.45) is 5.92 Å². The lowest BCUT2D eigenvalue weighted by Gasteiger charge is -2.21. The zero-order valence-electron chi connectivity index (χ0n) is 10.4. The van der Waals surface area contributed by atoms with Crippen LogP contribution in [-0.4, -0.2) is 42.9 Å². The number of carbonyl (C=O) groups excluding carboxylic acids is 1. The molecular weight excluding hydrogens is 246 g/mol. The van der Waals surface area contributed by atoms with Gasteiger partial charge in [-0.3, -0.25) is 4.79 Å². The molecule has 6 nitrogen and oxygen atoms in total. The Morgan fingerprint density at radius 1 is 1.29 bits per heavy atom. The van der Waals surface area contributed by atoms with Crippen LogP contribution in [0, 0.1) is 5.92 Å². The van der Waals surface area contributed by atoms with Gasteiger partial charge in [0.05, 0.1) is 0 Å². The largest absolute Gasteiger partial charge is 0.480 e. The second-order valence-electron chi connectivity index (χ2n) is 4.18. The fourth-order valence-electron chi connectivity index (χ4n) is 1.15. The Kier molecular flexibility index (Phi) is 5.60. The minimum atomic E-state index is -3.51. The van der Waals surface area contributed by atoms with E-state index in [1.54, 1.807) is 13.8 Å². The molecule has 0 aromatic heterocycles. The van der Waals surface area contributed by atoms with E-state index in [1.807, 2.05) is 0 Å². The minimum Gasteiger partial charge on any atom is -0.480 e. The highest BCUT2D eigenvalue weighted by Crippen LogP contribution is 2.09. The molecule has 0 aromatic carbocycles. The van der Waals surface area contributed by atoms with Crippen LogP contribution in [0.1, 0.15) is 27.2 Å². The number of nitrogens with one attached hydrogen (secondary N) is 1. The maximum Gasteiger partial charge on any atom is 0.326 e. The molecule has 100 valence electrons. The molecule has 0 rings (SSSR count). The van der Waals surface area contributed by atoms with Crippen LogP contribution in [0.5, 0.6) is 0 Å². The Hall–Kier alpha value is -1.11. The van der Waals surface area contributed by atoms with Crippen molar-refractivity contribution >= 4 is 21.7 Å². The summed E-state index contributed by atoms with van der Waals surface area (Å²) in [6.45, 7) is 4.72. The molecule has 0 fully saturated rings. The number of amides is 1. The molecule has 0 aliphatic carbocycles. The molecule has 0 saturated carbocycles. The molecule has 0 radical (unpaired) electrons. The molecule has 0 aliphatic heterocycles. The van der Waals surface area contributed by atoms with Gasteiger partial charge < -0.3 is 10.4 Å². The van der Waals surface area contributed by atoms with Crippen molar-refractivity contribution in [1.82, 2.24) is 5.32 Å². The van der Waals surface area contributed by atoms with Gasteiger partial charge in [-0.15, -0.1) is 0 Å². The number of carboxylic acids is 1. The van der Waals surface area contributed by atoms with Crippen molar-refractivity contribution in [3.05, 3.63) is 0 Å². The summed E-state index contributed by atoms with van der Waals surface area (Å²) in [6.07, 6.45) is 1.51. The number of sulfone groups is 1. The van der Waals surface area contributed by atoms with Gasteiger partial charge in [0.1, 0.15) is 11.3 Å². The van der Waals surface area contributed by atoms with Crippen LogP contribution in [0.2, 0.25) is 0 Å². The summed E-state index contributed by atoms with van der Waals surface area (Å²) >= 11 is 0. The smallest absolute Gasteiger partial charge is 0.326 e. The molecule has 3 atom stereocenters. The molecule has 2 unspecified atom stereocenters. The molecular formula is C10H19NO5S. The van der Waals surface area contributed by atoms with Crippen LogP contribution < -0.4 is 5.32 Å². The van der Waals surface area contributed by atoms with E-state index in [9.17, 15) is 18.0 Å². The van der Waals surface area contributed by atoms with E-state index < -0.39 is 33.0 Å². The lowest BCUT2D eigenvalue weighted by molar-refractivity contribution is -0.143. The van der Waals surface area contributed by atoms with Gasteiger partial charge in [0.2, 0.25) is 5.91 Å². The summed E-state index contributed by atoms with van der Waals surface area (Å²) < 4.78 is 22.3. The fraction of sp³-hybridized carbons (Fsp3) is 0.800. The van der Waals surface area contributed by atoms with Crippen LogP contribution in [0.15, 0.2) is 0 Å². The number of aliphatic carboxylic acids is 1. The Bertz CT molecular complexity index is 390. The topological polar surface area (TPSA) is 101 Å². The number of hydrogen-bond acceptors (Lipinski definition) is 4. The summed E-state index contributed by atoms with van der Waals surface area (Å²) in [4.78, 5) is 22.5. The first-order valence-electron chi connectivity index (χ1n) is 5.33. The fourth-order valence-corrected chi connectivity index (χ4v) is 1.61. The van der Waals surface area contributed by atoms with Crippen LogP contribution in [0.4, 0.5) is 0 Å². The molecule has 2 N–H and O–H groups in total. The maximum absolute atomic E-state index is 11.6. The number of rotatable bonds is 6. The monoisotopic (exact) mass is 265 g/mol. The second kappa shape index (κ2) is 6.00. The normalized spacial score (nSPS) is 16.9. The minimum absolute atomic E-state index is 0.261. The summed E-state index contributed by atoms with van der Waals surface area (Å²) in [6, 6.07) is -1.06. The summed E-state index contributed by atoms with van der Waals surface area (Å²) in [7, 11) is -3.51. The van der Waals surface area contributed by atoms with Gasteiger partial charge >= 0.3 is 5.97 Å². The zero-order valence-corrected chi connectivity index (χ0v) is 11.2. The average Bonchev–Trinajstić information content (AvgIpc) is 2.21. The Morgan fingerprint density at radius 2 is 1.76 bits per heavy atom. The lowest BCUT2D eigenvalue weighted by atomic mass is 9.99. The molecule has 0 bridgehead atoms. The van der Waals surface area contributed by atoms with Gasteiger partial charge in [0.15, 0.2) is 9.84 Å². The first-order valence-corrected chi connectivity index (χ1v) is 7.28.